The van der Waals surface area contributed by atoms with Crippen LogP contribution in [0.4, 0.5) is 9.59 Å². The average molecular weight is 372 g/mol. The monoisotopic (exact) mass is 372 g/mol. The van der Waals surface area contributed by atoms with Crippen molar-refractivity contribution in [3.63, 3.8) is 0 Å². The van der Waals surface area contributed by atoms with Gasteiger partial charge in [0, 0.05) is 26.1 Å². The van der Waals surface area contributed by atoms with Crippen molar-refractivity contribution in [3.8, 4) is 0 Å². The predicted octanol–water partition coefficient (Wildman–Crippen LogP) is 3.10. The number of nitrogens with zero attached hydrogens (tertiary/aromatic N) is 2. The molecule has 0 aromatic heterocycles. The lowest BCUT2D eigenvalue weighted by Crippen LogP contribution is -2.57. The molecular weight excluding hydrogens is 340 g/mol. The highest BCUT2D eigenvalue weighted by Gasteiger charge is 2.36. The van der Waals surface area contributed by atoms with Crippen molar-refractivity contribution in [2.24, 2.45) is 0 Å². The summed E-state index contributed by atoms with van der Waals surface area (Å²) in [5.74, 6) is -0.881. The van der Waals surface area contributed by atoms with Crippen molar-refractivity contribution in [2.75, 3.05) is 19.6 Å². The van der Waals surface area contributed by atoms with Gasteiger partial charge in [0.2, 0.25) is 0 Å². The molecule has 2 amide bonds. The summed E-state index contributed by atoms with van der Waals surface area (Å²) < 4.78 is 10.8. The zero-order valence-electron chi connectivity index (χ0n) is 16.7. The number of carbonyl (C=O) groups is 3. The van der Waals surface area contributed by atoms with Crippen LogP contribution < -0.4 is 0 Å². The predicted molar refractivity (Wildman–Crippen MR) is 96.0 cm³/mol. The summed E-state index contributed by atoms with van der Waals surface area (Å²) in [6.45, 7) is 11.7. The zero-order valence-corrected chi connectivity index (χ0v) is 16.7. The lowest BCUT2D eigenvalue weighted by Gasteiger charge is -2.42. The van der Waals surface area contributed by atoms with E-state index in [0.717, 1.165) is 0 Å². The molecule has 1 atom stereocenters. The van der Waals surface area contributed by atoms with Crippen LogP contribution in [0.3, 0.4) is 0 Å². The summed E-state index contributed by atoms with van der Waals surface area (Å²) in [7, 11) is 0. The Balaban J connectivity index is 2.80. The van der Waals surface area contributed by atoms with Crippen LogP contribution in [-0.2, 0) is 14.3 Å². The smallest absolute Gasteiger partial charge is 0.410 e. The van der Waals surface area contributed by atoms with Crippen LogP contribution in [0.2, 0.25) is 0 Å². The van der Waals surface area contributed by atoms with Crippen LogP contribution in [0.1, 0.15) is 60.8 Å². The van der Waals surface area contributed by atoms with Gasteiger partial charge in [0.1, 0.15) is 11.2 Å². The molecule has 26 heavy (non-hydrogen) atoms. The van der Waals surface area contributed by atoms with Gasteiger partial charge >= 0.3 is 18.2 Å². The minimum absolute atomic E-state index is 0.0189. The van der Waals surface area contributed by atoms with E-state index in [1.165, 1.54) is 0 Å². The Labute approximate surface area is 155 Å². The van der Waals surface area contributed by atoms with E-state index in [2.05, 4.69) is 0 Å². The van der Waals surface area contributed by atoms with Gasteiger partial charge in [-0.2, -0.15) is 0 Å². The van der Waals surface area contributed by atoms with Crippen molar-refractivity contribution in [3.05, 3.63) is 0 Å². The van der Waals surface area contributed by atoms with Crippen LogP contribution in [0.15, 0.2) is 0 Å². The van der Waals surface area contributed by atoms with Crippen LogP contribution in [0, 0.1) is 0 Å². The topological polar surface area (TPSA) is 96.4 Å². The van der Waals surface area contributed by atoms with Gasteiger partial charge < -0.3 is 24.4 Å². The highest BCUT2D eigenvalue weighted by Crippen LogP contribution is 2.21. The molecule has 1 N–H and O–H groups in total. The number of hydrogen-bond acceptors (Lipinski definition) is 5. The Morgan fingerprint density at radius 2 is 1.50 bits per heavy atom. The maximum absolute atomic E-state index is 12.5. The Morgan fingerprint density at radius 1 is 0.962 bits per heavy atom. The van der Waals surface area contributed by atoms with E-state index < -0.39 is 29.4 Å². The Bertz CT molecular complexity index is 521. The second-order valence-electron chi connectivity index (χ2n) is 8.54. The largest absolute Gasteiger partial charge is 0.481 e. The maximum atomic E-state index is 12.5. The summed E-state index contributed by atoms with van der Waals surface area (Å²) in [6.07, 6.45) is 0.0449. The summed E-state index contributed by atoms with van der Waals surface area (Å²) in [6, 6.07) is -0.300. The number of carboxylic acid groups (broad SMARTS) is 1. The maximum Gasteiger partial charge on any atom is 0.410 e. The number of amides is 2. The fourth-order valence-corrected chi connectivity index (χ4v) is 2.64. The number of rotatable bonds is 4. The third kappa shape index (κ3) is 7.93. The molecule has 0 spiro atoms. The van der Waals surface area contributed by atoms with E-state index in [9.17, 15) is 14.4 Å². The third-order valence-electron chi connectivity index (χ3n) is 3.69. The normalized spacial score (nSPS) is 18.5. The second kappa shape index (κ2) is 8.60. The van der Waals surface area contributed by atoms with Gasteiger partial charge in [0.05, 0.1) is 6.04 Å². The first-order valence-electron chi connectivity index (χ1n) is 8.98. The van der Waals surface area contributed by atoms with Gasteiger partial charge in [-0.05, 0) is 54.4 Å². The molecule has 150 valence electrons. The number of aliphatic carboxylic acids is 1. The van der Waals surface area contributed by atoms with Gasteiger partial charge in [-0.15, -0.1) is 0 Å². The molecule has 0 bridgehead atoms. The van der Waals surface area contributed by atoms with Crippen LogP contribution in [0.25, 0.3) is 0 Å². The summed E-state index contributed by atoms with van der Waals surface area (Å²) in [5, 5.41) is 8.85. The Kier molecular flexibility index (Phi) is 7.29. The lowest BCUT2D eigenvalue weighted by molar-refractivity contribution is -0.137. The molecule has 1 fully saturated rings. The molecule has 0 aliphatic carbocycles. The van der Waals surface area contributed by atoms with E-state index in [1.54, 1.807) is 51.3 Å². The zero-order chi connectivity index (χ0) is 20.1. The van der Waals surface area contributed by atoms with Gasteiger partial charge in [-0.25, -0.2) is 9.59 Å². The number of ether oxygens (including phenoxy) is 2. The molecule has 1 heterocycles. The van der Waals surface area contributed by atoms with Gasteiger partial charge in [0.15, 0.2) is 0 Å². The van der Waals surface area contributed by atoms with Gasteiger partial charge in [-0.1, -0.05) is 0 Å². The number of piperazine rings is 1. The molecule has 0 aromatic carbocycles. The SMILES string of the molecule is CC(C)(C)OC(=O)N1CCN(C(=O)OC(C)(C)C)[C@@H](CCCC(=O)O)C1. The average Bonchev–Trinajstić information content (AvgIpc) is 2.43. The van der Waals surface area contributed by atoms with E-state index in [4.69, 9.17) is 14.6 Å². The summed E-state index contributed by atoms with van der Waals surface area (Å²) in [5.41, 5.74) is -1.22. The van der Waals surface area contributed by atoms with Crippen molar-refractivity contribution in [1.82, 2.24) is 9.80 Å². The second-order valence-corrected chi connectivity index (χ2v) is 8.54. The first-order valence-corrected chi connectivity index (χ1v) is 8.98. The molecule has 0 saturated carbocycles. The van der Waals surface area contributed by atoms with Crippen LogP contribution >= 0.6 is 0 Å². The van der Waals surface area contributed by atoms with Crippen LogP contribution in [-0.4, -0.2) is 69.9 Å². The molecule has 0 aromatic rings. The van der Waals surface area contributed by atoms with Gasteiger partial charge in [-0.3, -0.25) is 4.79 Å². The van der Waals surface area contributed by atoms with E-state index in [1.807, 2.05) is 0 Å². The van der Waals surface area contributed by atoms with E-state index in [0.29, 0.717) is 32.5 Å². The highest BCUT2D eigenvalue weighted by molar-refractivity contribution is 5.71. The molecule has 1 rings (SSSR count). The lowest BCUT2D eigenvalue weighted by atomic mass is 10.1. The molecule has 1 saturated heterocycles. The molecule has 0 unspecified atom stereocenters. The first kappa shape index (κ1) is 22.1. The van der Waals surface area contributed by atoms with Crippen LogP contribution in [0.5, 0.6) is 0 Å². The minimum Gasteiger partial charge on any atom is -0.481 e. The van der Waals surface area contributed by atoms with E-state index >= 15 is 0 Å². The Hall–Kier alpha value is -1.99. The van der Waals surface area contributed by atoms with Gasteiger partial charge in [0.25, 0.3) is 0 Å². The number of hydrogen-bond donors (Lipinski definition) is 1. The quantitative estimate of drug-likeness (QED) is 0.814. The fourth-order valence-electron chi connectivity index (χ4n) is 2.64. The third-order valence-corrected chi connectivity index (χ3v) is 3.69. The standard InChI is InChI=1S/C18H32N2O6/c1-17(2,3)25-15(23)19-10-11-20(16(24)26-18(4,5)6)13(12-19)8-7-9-14(21)22/h13H,7-12H2,1-6H3,(H,21,22)/t13-/m0/s1. The molecule has 0 radical (unpaired) electrons. The Morgan fingerprint density at radius 3 is 2.00 bits per heavy atom. The first-order chi connectivity index (χ1) is 11.8. The highest BCUT2D eigenvalue weighted by atomic mass is 16.6. The number of carboxylic acids is 1. The van der Waals surface area contributed by atoms with Crippen molar-refractivity contribution < 1.29 is 29.0 Å². The minimum atomic E-state index is -0.881. The van der Waals surface area contributed by atoms with Crippen molar-refractivity contribution in [2.45, 2.75) is 78.0 Å². The summed E-state index contributed by atoms with van der Waals surface area (Å²) >= 11 is 0. The van der Waals surface area contributed by atoms with Crippen molar-refractivity contribution >= 4 is 18.2 Å². The number of carbonyl (C=O) groups excluding carboxylic acids is 2. The molecule has 1 aliphatic rings. The molecular formula is C18H32N2O6. The fraction of sp³-hybridized carbons (Fsp3) is 0.833. The molecule has 1 aliphatic heterocycles. The van der Waals surface area contributed by atoms with Crippen molar-refractivity contribution in [1.29, 1.82) is 0 Å². The summed E-state index contributed by atoms with van der Waals surface area (Å²) in [4.78, 5) is 38.7. The molecule has 8 heteroatoms. The molecule has 8 nitrogen and oxygen atoms in total. The van der Waals surface area contributed by atoms with E-state index in [-0.39, 0.29) is 12.5 Å².